The summed E-state index contributed by atoms with van der Waals surface area (Å²) in [4.78, 5) is 0. The van der Waals surface area contributed by atoms with Crippen LogP contribution < -0.4 is 4.43 Å². The van der Waals surface area contributed by atoms with Crippen molar-refractivity contribution in [1.82, 2.24) is 0 Å². The van der Waals surface area contributed by atoms with Crippen LogP contribution in [0.3, 0.4) is 0 Å². The van der Waals surface area contributed by atoms with Crippen LogP contribution in [0.4, 0.5) is 0 Å². The highest BCUT2D eigenvalue weighted by Gasteiger charge is 2.38. The third-order valence-corrected chi connectivity index (χ3v) is 4.55. The van der Waals surface area contributed by atoms with Crippen molar-refractivity contribution in [1.29, 1.82) is 0 Å². The maximum absolute atomic E-state index is 5.86. The van der Waals surface area contributed by atoms with Crippen LogP contribution in [0.2, 0.25) is 0 Å². The molecule has 92 valence electrons. The molecule has 0 heterocycles. The number of hydrogen-bond donors (Lipinski definition) is 0. The molecule has 0 aliphatic heterocycles. The van der Waals surface area contributed by atoms with Gasteiger partial charge in [-0.25, -0.2) is 0 Å². The van der Waals surface area contributed by atoms with Gasteiger partial charge >= 0.3 is 8.80 Å². The second kappa shape index (κ2) is 6.39. The maximum atomic E-state index is 5.86. The summed E-state index contributed by atoms with van der Waals surface area (Å²) in [5.74, 6) is 0.752. The highest BCUT2D eigenvalue weighted by Crippen LogP contribution is 2.23. The lowest BCUT2D eigenvalue weighted by atomic mass is 10.1. The molecule has 0 saturated carbocycles. The summed E-state index contributed by atoms with van der Waals surface area (Å²) in [6.45, 7) is 7.44. The molecule has 1 aromatic rings. The van der Waals surface area contributed by atoms with Crippen LogP contribution in [0, 0.1) is 0 Å². The average Bonchev–Trinajstić information content (AvgIpc) is 2.38. The Kier molecular flexibility index (Phi) is 5.15. The zero-order chi connectivity index (χ0) is 12.7. The third-order valence-electron chi connectivity index (χ3n) is 2.41. The summed E-state index contributed by atoms with van der Waals surface area (Å²) < 4.78 is 16.5. The lowest BCUT2D eigenvalue weighted by Crippen LogP contribution is -2.45. The lowest BCUT2D eigenvalue weighted by Gasteiger charge is -2.24. The van der Waals surface area contributed by atoms with E-state index in [0.29, 0.717) is 0 Å². The first-order valence-corrected chi connectivity index (χ1v) is 7.13. The van der Waals surface area contributed by atoms with Crippen molar-refractivity contribution in [2.75, 3.05) is 14.2 Å². The molecule has 0 aliphatic carbocycles. The minimum absolute atomic E-state index is 0.741. The van der Waals surface area contributed by atoms with Crippen LogP contribution >= 0.6 is 0 Å². The van der Waals surface area contributed by atoms with Gasteiger partial charge in [-0.2, -0.15) is 0 Å². The third kappa shape index (κ3) is 3.29. The van der Waals surface area contributed by atoms with Gasteiger partial charge in [0.25, 0.3) is 0 Å². The van der Waals surface area contributed by atoms with E-state index in [1.54, 1.807) is 19.9 Å². The van der Waals surface area contributed by atoms with Crippen LogP contribution in [0.15, 0.2) is 49.2 Å². The van der Waals surface area contributed by atoms with E-state index in [-0.39, 0.29) is 0 Å². The molecule has 0 saturated heterocycles. The fourth-order valence-electron chi connectivity index (χ4n) is 1.46. The molecular formula is C13H18O3Si. The number of hydrogen-bond acceptors (Lipinski definition) is 3. The van der Waals surface area contributed by atoms with Gasteiger partial charge in [-0.1, -0.05) is 30.9 Å². The van der Waals surface area contributed by atoms with Gasteiger partial charge < -0.3 is 13.3 Å². The van der Waals surface area contributed by atoms with E-state index in [4.69, 9.17) is 13.3 Å². The molecule has 0 bridgehead atoms. The molecule has 0 radical (unpaired) electrons. The van der Waals surface area contributed by atoms with Crippen LogP contribution in [0.5, 0.6) is 5.75 Å². The highest BCUT2D eigenvalue weighted by molar-refractivity contribution is 6.66. The zero-order valence-electron chi connectivity index (χ0n) is 10.3. The summed E-state index contributed by atoms with van der Waals surface area (Å²) >= 11 is 0. The Hall–Kier alpha value is -1.36. The lowest BCUT2D eigenvalue weighted by molar-refractivity contribution is 0.176. The molecule has 4 heteroatoms. The van der Waals surface area contributed by atoms with Gasteiger partial charge in [0.05, 0.1) is 0 Å². The van der Waals surface area contributed by atoms with Crippen molar-refractivity contribution in [3.63, 3.8) is 0 Å². The van der Waals surface area contributed by atoms with E-state index < -0.39 is 8.80 Å². The summed E-state index contributed by atoms with van der Waals surface area (Å²) in [5.41, 5.74) is 2.66. The van der Waals surface area contributed by atoms with Crippen molar-refractivity contribution in [2.45, 2.75) is 6.42 Å². The molecule has 1 aromatic carbocycles. The predicted octanol–water partition coefficient (Wildman–Crippen LogP) is 2.75. The summed E-state index contributed by atoms with van der Waals surface area (Å²) in [7, 11) is 0.337. The SMILES string of the molecule is C=CCc1ccccc1O[Si](C=C)(OC)OC. The van der Waals surface area contributed by atoms with E-state index >= 15 is 0 Å². The standard InChI is InChI=1S/C13H18O3Si/c1-5-9-12-10-7-8-11-13(12)16-17(6-2,14-3)15-4/h5-8,10-11H,1-2,9H2,3-4H3. The van der Waals surface area contributed by atoms with Gasteiger partial charge in [0.15, 0.2) is 0 Å². The van der Waals surface area contributed by atoms with Gasteiger partial charge in [0.1, 0.15) is 5.75 Å². The monoisotopic (exact) mass is 250 g/mol. The molecule has 0 spiro atoms. The first kappa shape index (κ1) is 13.7. The fraction of sp³-hybridized carbons (Fsp3) is 0.231. The first-order valence-electron chi connectivity index (χ1n) is 5.33. The second-order valence-corrected chi connectivity index (χ2v) is 6.05. The Morgan fingerprint density at radius 2 is 1.82 bits per heavy atom. The van der Waals surface area contributed by atoms with E-state index in [1.807, 2.05) is 30.3 Å². The number of allylic oxidation sites excluding steroid dienone is 1. The molecule has 0 atom stereocenters. The van der Waals surface area contributed by atoms with Crippen molar-refractivity contribution in [3.05, 3.63) is 54.8 Å². The van der Waals surface area contributed by atoms with Crippen LogP contribution in [-0.4, -0.2) is 23.0 Å². The zero-order valence-corrected chi connectivity index (χ0v) is 11.3. The minimum Gasteiger partial charge on any atom is -0.498 e. The summed E-state index contributed by atoms with van der Waals surface area (Å²) in [5, 5.41) is 0. The number of rotatable bonds is 7. The molecular weight excluding hydrogens is 232 g/mol. The largest absolute Gasteiger partial charge is 0.594 e. The molecule has 0 fully saturated rings. The number of benzene rings is 1. The molecule has 0 aromatic heterocycles. The Labute approximate surface area is 104 Å². The van der Waals surface area contributed by atoms with E-state index in [9.17, 15) is 0 Å². The summed E-state index contributed by atoms with van der Waals surface area (Å²) in [6.07, 6.45) is 2.57. The van der Waals surface area contributed by atoms with Crippen molar-refractivity contribution < 1.29 is 13.3 Å². The van der Waals surface area contributed by atoms with Crippen molar-refractivity contribution in [2.24, 2.45) is 0 Å². The van der Waals surface area contributed by atoms with Crippen molar-refractivity contribution >= 4 is 8.80 Å². The Morgan fingerprint density at radius 1 is 1.18 bits per heavy atom. The first-order chi connectivity index (χ1) is 8.21. The van der Waals surface area contributed by atoms with Gasteiger partial charge in [0, 0.05) is 14.2 Å². The molecule has 3 nitrogen and oxygen atoms in total. The van der Waals surface area contributed by atoms with Crippen LogP contribution in [0.25, 0.3) is 0 Å². The average molecular weight is 250 g/mol. The van der Waals surface area contributed by atoms with Gasteiger partial charge in [-0.05, 0) is 23.7 Å². The maximum Gasteiger partial charge on any atom is 0.594 e. The van der Waals surface area contributed by atoms with Crippen LogP contribution in [0.1, 0.15) is 5.56 Å². The Morgan fingerprint density at radius 3 is 2.35 bits per heavy atom. The quantitative estimate of drug-likeness (QED) is 0.550. The molecule has 17 heavy (non-hydrogen) atoms. The van der Waals surface area contributed by atoms with E-state index in [2.05, 4.69) is 13.2 Å². The van der Waals surface area contributed by atoms with Crippen molar-refractivity contribution in [3.8, 4) is 5.75 Å². The molecule has 0 N–H and O–H groups in total. The van der Waals surface area contributed by atoms with Gasteiger partial charge in [-0.3, -0.25) is 0 Å². The normalized spacial score (nSPS) is 10.9. The van der Waals surface area contributed by atoms with Crippen LogP contribution in [-0.2, 0) is 15.3 Å². The Balaban J connectivity index is 3.00. The number of para-hydroxylation sites is 1. The molecule has 0 amide bonds. The molecule has 1 rings (SSSR count). The van der Waals surface area contributed by atoms with E-state index in [0.717, 1.165) is 17.7 Å². The molecule has 0 aliphatic rings. The van der Waals surface area contributed by atoms with E-state index in [1.165, 1.54) is 0 Å². The predicted molar refractivity (Wildman–Crippen MR) is 70.9 cm³/mol. The molecule has 0 unspecified atom stereocenters. The minimum atomic E-state index is -2.79. The fourth-order valence-corrected chi connectivity index (χ4v) is 2.71. The highest BCUT2D eigenvalue weighted by atomic mass is 28.4. The smallest absolute Gasteiger partial charge is 0.498 e. The van der Waals surface area contributed by atoms with Gasteiger partial charge in [-0.15, -0.1) is 6.58 Å². The Bertz CT molecular complexity index is 386. The second-order valence-electron chi connectivity index (χ2n) is 3.42. The summed E-state index contributed by atoms with van der Waals surface area (Å²) in [6, 6.07) is 7.75. The van der Waals surface area contributed by atoms with Gasteiger partial charge in [0.2, 0.25) is 0 Å². The topological polar surface area (TPSA) is 27.7 Å².